The van der Waals surface area contributed by atoms with E-state index in [-0.39, 0.29) is 49.2 Å². The SMILES string of the molecule is C.N.[B]=O.[La]. The predicted molar refractivity (Wildman–Crippen MR) is 18.2 cm³/mol. The van der Waals surface area contributed by atoms with Gasteiger partial charge in [-0.1, -0.05) is 7.43 Å². The van der Waals surface area contributed by atoms with E-state index < -0.39 is 0 Å². The predicted octanol–water partition coefficient (Wildman–Crippen LogP) is 0.298. The molecular formula is CH7BLaNO. The molecule has 3 N–H and O–H groups in total. The normalized spacial score (nSPS) is 0.600. The van der Waals surface area contributed by atoms with Crippen LogP contribution >= 0.6 is 0 Å². The van der Waals surface area contributed by atoms with Crippen molar-refractivity contribution in [3.8, 4) is 0 Å². The molecule has 4 heteroatoms. The minimum Gasteiger partial charge on any atom is 0 e. The van der Waals surface area contributed by atoms with Crippen LogP contribution in [0.1, 0.15) is 7.43 Å². The van der Waals surface area contributed by atoms with Crippen LogP contribution in [0.5, 0.6) is 0 Å². The Bertz CT molecular complexity index is 11.6. The van der Waals surface area contributed by atoms with Crippen LogP contribution in [0.4, 0.5) is 0 Å². The topological polar surface area (TPSA) is 52.1 Å². The fourth-order valence-electron chi connectivity index (χ4n) is 0. The summed E-state index contributed by atoms with van der Waals surface area (Å²) in [6, 6.07) is 0. The standard InChI is InChI=1S/CH4.BO.La.H3N/c;1-2;;/h1H4;;;1H3. The van der Waals surface area contributed by atoms with E-state index in [9.17, 15) is 0 Å². The van der Waals surface area contributed by atoms with Gasteiger partial charge >= 0.3 is 12.4 Å². The van der Waals surface area contributed by atoms with Gasteiger partial charge in [-0.15, -0.1) is 0 Å². The second-order valence-corrected chi connectivity index (χ2v) is 0. The summed E-state index contributed by atoms with van der Waals surface area (Å²) in [6.45, 7) is 0. The van der Waals surface area contributed by atoms with Gasteiger partial charge < -0.3 is 6.15 Å². The zero-order chi connectivity index (χ0) is 2.00. The van der Waals surface area contributed by atoms with Gasteiger partial charge in [0, 0.05) is 35.6 Å². The van der Waals surface area contributed by atoms with E-state index in [1.165, 1.54) is 0 Å². The van der Waals surface area contributed by atoms with Gasteiger partial charge in [0.15, 0.2) is 0 Å². The molecule has 0 aliphatic heterocycles. The van der Waals surface area contributed by atoms with Crippen molar-refractivity contribution in [2.24, 2.45) is 0 Å². The summed E-state index contributed by atoms with van der Waals surface area (Å²) in [4.78, 5) is 0. The zero-order valence-electron chi connectivity index (χ0n) is 2.27. The second kappa shape index (κ2) is 78.0. The van der Waals surface area contributed by atoms with Gasteiger partial charge in [0.2, 0.25) is 0 Å². The Hall–Kier alpha value is 1.02. The third-order valence-corrected chi connectivity index (χ3v) is 0. The molecule has 2 nitrogen and oxygen atoms in total. The van der Waals surface area contributed by atoms with Gasteiger partial charge in [-0.25, -0.2) is 0 Å². The smallest absolute Gasteiger partial charge is 0 e. The average Bonchev–Trinajstić information content (AvgIpc) is 1.00. The molecule has 0 heterocycles. The van der Waals surface area contributed by atoms with E-state index in [1.54, 1.807) is 0 Å². The van der Waals surface area contributed by atoms with E-state index in [2.05, 4.69) is 7.72 Å². The van der Waals surface area contributed by atoms with Crippen LogP contribution in [0.3, 0.4) is 0 Å². The molecule has 0 spiro atoms. The Balaban J connectivity index is -0.00000000167. The molecule has 0 bridgehead atoms. The third-order valence-electron chi connectivity index (χ3n) is 0. The molecule has 0 aromatic heterocycles. The molecule has 0 saturated heterocycles. The summed E-state index contributed by atoms with van der Waals surface area (Å²) in [6.07, 6.45) is 0. The van der Waals surface area contributed by atoms with Crippen molar-refractivity contribution in [1.82, 2.24) is 6.15 Å². The van der Waals surface area contributed by atoms with Crippen molar-refractivity contribution in [3.63, 3.8) is 0 Å². The molecule has 0 aliphatic rings. The van der Waals surface area contributed by atoms with Gasteiger partial charge in [-0.2, -0.15) is 0 Å². The van der Waals surface area contributed by atoms with E-state index in [0.717, 1.165) is 0 Å². The minimum absolute atomic E-state index is 0. The average molecular weight is 199 g/mol. The third kappa shape index (κ3) is 44.0. The van der Waals surface area contributed by atoms with Crippen LogP contribution in [0.2, 0.25) is 0 Å². The Morgan fingerprint density at radius 3 is 1.20 bits per heavy atom. The van der Waals surface area contributed by atoms with E-state index in [4.69, 9.17) is 4.70 Å². The summed E-state index contributed by atoms with van der Waals surface area (Å²) in [5.41, 5.74) is 0. The molecule has 5 heavy (non-hydrogen) atoms. The van der Waals surface area contributed by atoms with E-state index in [1.807, 2.05) is 0 Å². The Morgan fingerprint density at radius 2 is 1.20 bits per heavy atom. The number of hydrogen-bond acceptors (Lipinski definition) is 2. The number of hydrogen-bond donors (Lipinski definition) is 1. The van der Waals surface area contributed by atoms with Crippen molar-refractivity contribution in [3.05, 3.63) is 0 Å². The molecule has 0 saturated carbocycles. The van der Waals surface area contributed by atoms with Crippen LogP contribution in [0.15, 0.2) is 0 Å². The second-order valence-electron chi connectivity index (χ2n) is 0. The molecule has 28 valence electrons. The molecule has 2 radical (unpaired) electrons. The molecule has 0 unspecified atom stereocenters. The van der Waals surface area contributed by atoms with Gasteiger partial charge in [-0.05, 0) is 0 Å². The molecule has 0 aliphatic carbocycles. The summed E-state index contributed by atoms with van der Waals surface area (Å²) in [5.74, 6) is 0. The Labute approximate surface area is 61.3 Å². The Morgan fingerprint density at radius 1 is 1.20 bits per heavy atom. The Kier molecular flexibility index (Phi) is 580. The van der Waals surface area contributed by atoms with Crippen LogP contribution < -0.4 is 6.15 Å². The molecule has 0 aromatic carbocycles. The maximum Gasteiger partial charge on any atom is 0 e. The molecule has 0 amide bonds. The van der Waals surface area contributed by atoms with Crippen molar-refractivity contribution in [2.45, 2.75) is 7.43 Å². The fraction of sp³-hybridized carbons (Fsp3) is 1.00. The quantitative estimate of drug-likeness (QED) is 0.570. The first kappa shape index (κ1) is 37.2. The van der Waals surface area contributed by atoms with Gasteiger partial charge in [0.05, 0.1) is 0 Å². The van der Waals surface area contributed by atoms with Crippen LogP contribution in [-0.2, 0) is 4.70 Å². The maximum absolute atomic E-state index is 7.75. The summed E-state index contributed by atoms with van der Waals surface area (Å²) < 4.78 is 7.75. The number of rotatable bonds is 0. The van der Waals surface area contributed by atoms with Crippen molar-refractivity contribution in [2.75, 3.05) is 0 Å². The largest absolute Gasteiger partial charge is 0 e. The first-order valence-corrected chi connectivity index (χ1v) is 0.236. The van der Waals surface area contributed by atoms with Gasteiger partial charge in [0.1, 0.15) is 0 Å². The maximum atomic E-state index is 7.75. The zero-order valence-corrected chi connectivity index (χ0v) is 5.90. The molecular weight excluding hydrogens is 192 g/mol. The van der Waals surface area contributed by atoms with Crippen molar-refractivity contribution < 1.29 is 40.3 Å². The summed E-state index contributed by atoms with van der Waals surface area (Å²) in [7, 11) is 3.25. The fourth-order valence-corrected chi connectivity index (χ4v) is 0. The summed E-state index contributed by atoms with van der Waals surface area (Å²) >= 11 is 0. The molecule has 0 rings (SSSR count). The van der Waals surface area contributed by atoms with Gasteiger partial charge in [0.25, 0.3) is 0 Å². The first-order chi connectivity index (χ1) is 1.00. The van der Waals surface area contributed by atoms with Crippen LogP contribution in [0, 0.1) is 35.6 Å². The van der Waals surface area contributed by atoms with Crippen LogP contribution in [0.25, 0.3) is 0 Å². The summed E-state index contributed by atoms with van der Waals surface area (Å²) in [5, 5.41) is 0. The van der Waals surface area contributed by atoms with E-state index in [0.29, 0.717) is 0 Å². The van der Waals surface area contributed by atoms with Crippen LogP contribution in [-0.4, -0.2) is 7.72 Å². The molecule has 0 fully saturated rings. The van der Waals surface area contributed by atoms with Crippen molar-refractivity contribution in [1.29, 1.82) is 0 Å². The van der Waals surface area contributed by atoms with Gasteiger partial charge in [-0.3, -0.25) is 0 Å². The van der Waals surface area contributed by atoms with E-state index >= 15 is 0 Å². The molecule has 0 atom stereocenters. The van der Waals surface area contributed by atoms with Crippen molar-refractivity contribution >= 4 is 7.72 Å². The minimum atomic E-state index is 0. The monoisotopic (exact) mass is 199 g/mol. The molecule has 0 aromatic rings. The first-order valence-electron chi connectivity index (χ1n) is 0.236.